The minimum absolute atomic E-state index is 0.192. The van der Waals surface area contributed by atoms with Crippen molar-refractivity contribution in [2.75, 3.05) is 7.11 Å². The SMILES string of the molecule is COc1cc(C)ccc1C(C)NCc1ccon1. The number of aryl methyl sites for hydroxylation is 1. The number of nitrogens with zero attached hydrogens (tertiary/aromatic N) is 1. The van der Waals surface area contributed by atoms with E-state index in [-0.39, 0.29) is 6.04 Å². The second-order valence-corrected chi connectivity index (χ2v) is 4.34. The first-order chi connectivity index (χ1) is 8.70. The second-order valence-electron chi connectivity index (χ2n) is 4.34. The van der Waals surface area contributed by atoms with Gasteiger partial charge >= 0.3 is 0 Å². The maximum atomic E-state index is 5.41. The minimum Gasteiger partial charge on any atom is -0.496 e. The molecule has 0 spiro atoms. The van der Waals surface area contributed by atoms with E-state index in [1.165, 1.54) is 5.56 Å². The fourth-order valence-electron chi connectivity index (χ4n) is 1.87. The molecule has 0 saturated heterocycles. The number of methoxy groups -OCH3 is 1. The van der Waals surface area contributed by atoms with Gasteiger partial charge < -0.3 is 14.6 Å². The maximum absolute atomic E-state index is 5.41. The Morgan fingerprint density at radius 2 is 2.22 bits per heavy atom. The Morgan fingerprint density at radius 3 is 2.89 bits per heavy atom. The number of aromatic nitrogens is 1. The molecule has 0 bridgehead atoms. The molecule has 0 saturated carbocycles. The van der Waals surface area contributed by atoms with Crippen molar-refractivity contribution in [3.05, 3.63) is 47.3 Å². The van der Waals surface area contributed by atoms with Gasteiger partial charge in [-0.05, 0) is 25.5 Å². The summed E-state index contributed by atoms with van der Waals surface area (Å²) in [5.41, 5.74) is 3.24. The molecule has 1 aromatic carbocycles. The summed E-state index contributed by atoms with van der Waals surface area (Å²) in [5, 5.41) is 7.26. The third-order valence-electron chi connectivity index (χ3n) is 2.94. The Morgan fingerprint density at radius 1 is 1.39 bits per heavy atom. The number of benzene rings is 1. The van der Waals surface area contributed by atoms with E-state index in [1.807, 2.05) is 12.1 Å². The van der Waals surface area contributed by atoms with E-state index >= 15 is 0 Å². The number of rotatable bonds is 5. The van der Waals surface area contributed by atoms with Crippen LogP contribution in [0.5, 0.6) is 5.75 Å². The van der Waals surface area contributed by atoms with E-state index in [1.54, 1.807) is 13.4 Å². The lowest BCUT2D eigenvalue weighted by molar-refractivity contribution is 0.395. The van der Waals surface area contributed by atoms with Gasteiger partial charge in [0.05, 0.1) is 12.8 Å². The summed E-state index contributed by atoms with van der Waals surface area (Å²) in [4.78, 5) is 0. The van der Waals surface area contributed by atoms with Crippen LogP contribution in [0.25, 0.3) is 0 Å². The lowest BCUT2D eigenvalue weighted by atomic mass is 10.0. The highest BCUT2D eigenvalue weighted by atomic mass is 16.5. The van der Waals surface area contributed by atoms with Crippen LogP contribution in [0.4, 0.5) is 0 Å². The molecule has 96 valence electrons. The van der Waals surface area contributed by atoms with Gasteiger partial charge in [0.15, 0.2) is 0 Å². The van der Waals surface area contributed by atoms with Crippen LogP contribution >= 0.6 is 0 Å². The van der Waals surface area contributed by atoms with E-state index in [0.717, 1.165) is 17.0 Å². The van der Waals surface area contributed by atoms with Gasteiger partial charge in [0.25, 0.3) is 0 Å². The van der Waals surface area contributed by atoms with Crippen LogP contribution in [0.15, 0.2) is 35.1 Å². The number of hydrogen-bond acceptors (Lipinski definition) is 4. The fraction of sp³-hybridized carbons (Fsp3) is 0.357. The summed E-state index contributed by atoms with van der Waals surface area (Å²) in [6, 6.07) is 8.27. The molecule has 4 nitrogen and oxygen atoms in total. The quantitative estimate of drug-likeness (QED) is 0.881. The molecular weight excluding hydrogens is 228 g/mol. The molecule has 1 heterocycles. The molecule has 1 unspecified atom stereocenters. The highest BCUT2D eigenvalue weighted by Gasteiger charge is 2.11. The van der Waals surface area contributed by atoms with Crippen molar-refractivity contribution < 1.29 is 9.26 Å². The van der Waals surface area contributed by atoms with Crippen LogP contribution in [0, 0.1) is 6.92 Å². The van der Waals surface area contributed by atoms with Crippen molar-refractivity contribution in [1.82, 2.24) is 10.5 Å². The topological polar surface area (TPSA) is 47.3 Å². The van der Waals surface area contributed by atoms with Crippen molar-refractivity contribution in [2.24, 2.45) is 0 Å². The highest BCUT2D eigenvalue weighted by Crippen LogP contribution is 2.26. The predicted molar refractivity (Wildman–Crippen MR) is 69.5 cm³/mol. The van der Waals surface area contributed by atoms with E-state index in [9.17, 15) is 0 Å². The first-order valence-corrected chi connectivity index (χ1v) is 5.98. The molecule has 0 fully saturated rings. The largest absolute Gasteiger partial charge is 0.496 e. The third kappa shape index (κ3) is 2.90. The normalized spacial score (nSPS) is 12.4. The zero-order valence-electron chi connectivity index (χ0n) is 10.9. The van der Waals surface area contributed by atoms with Crippen molar-refractivity contribution in [1.29, 1.82) is 0 Å². The first-order valence-electron chi connectivity index (χ1n) is 5.98. The van der Waals surface area contributed by atoms with Gasteiger partial charge in [-0.15, -0.1) is 0 Å². The van der Waals surface area contributed by atoms with E-state index in [4.69, 9.17) is 9.26 Å². The minimum atomic E-state index is 0.192. The van der Waals surface area contributed by atoms with Crippen molar-refractivity contribution >= 4 is 0 Å². The molecule has 18 heavy (non-hydrogen) atoms. The Balaban J connectivity index is 2.06. The summed E-state index contributed by atoms with van der Waals surface area (Å²) in [6.07, 6.45) is 1.58. The predicted octanol–water partition coefficient (Wildman–Crippen LogP) is 2.84. The Hall–Kier alpha value is -1.81. The zero-order chi connectivity index (χ0) is 13.0. The van der Waals surface area contributed by atoms with Gasteiger partial charge in [0.2, 0.25) is 0 Å². The molecule has 1 atom stereocenters. The summed E-state index contributed by atoms with van der Waals surface area (Å²) < 4.78 is 10.2. The monoisotopic (exact) mass is 246 g/mol. The number of ether oxygens (including phenoxy) is 1. The third-order valence-corrected chi connectivity index (χ3v) is 2.94. The molecule has 2 aromatic rings. The van der Waals surface area contributed by atoms with Crippen molar-refractivity contribution in [2.45, 2.75) is 26.4 Å². The second kappa shape index (κ2) is 5.69. The van der Waals surface area contributed by atoms with E-state index in [0.29, 0.717) is 6.54 Å². The lowest BCUT2D eigenvalue weighted by Crippen LogP contribution is -2.18. The highest BCUT2D eigenvalue weighted by molar-refractivity contribution is 5.39. The van der Waals surface area contributed by atoms with Gasteiger partial charge in [0, 0.05) is 24.2 Å². The summed E-state index contributed by atoms with van der Waals surface area (Å²) >= 11 is 0. The Kier molecular flexibility index (Phi) is 3.99. The fourth-order valence-corrected chi connectivity index (χ4v) is 1.87. The van der Waals surface area contributed by atoms with Gasteiger partial charge in [-0.1, -0.05) is 17.3 Å². The van der Waals surface area contributed by atoms with Crippen molar-refractivity contribution in [3.63, 3.8) is 0 Å². The van der Waals surface area contributed by atoms with Crippen molar-refractivity contribution in [3.8, 4) is 5.75 Å². The van der Waals surface area contributed by atoms with Crippen LogP contribution in [-0.2, 0) is 6.54 Å². The molecule has 0 aliphatic heterocycles. The molecule has 2 rings (SSSR count). The smallest absolute Gasteiger partial charge is 0.124 e. The van der Waals surface area contributed by atoms with Gasteiger partial charge in [-0.3, -0.25) is 0 Å². The first kappa shape index (κ1) is 12.6. The summed E-state index contributed by atoms with van der Waals surface area (Å²) in [6.45, 7) is 4.84. The lowest BCUT2D eigenvalue weighted by Gasteiger charge is -2.17. The standard InChI is InChI=1S/C14H18N2O2/c1-10-4-5-13(14(8-10)17-3)11(2)15-9-12-6-7-18-16-12/h4-8,11,15H,9H2,1-3H3. The molecular formula is C14H18N2O2. The van der Waals surface area contributed by atoms with Gasteiger partial charge in [0.1, 0.15) is 12.0 Å². The van der Waals surface area contributed by atoms with E-state index in [2.05, 4.69) is 36.5 Å². The van der Waals surface area contributed by atoms with Crippen LogP contribution < -0.4 is 10.1 Å². The molecule has 0 amide bonds. The number of nitrogens with one attached hydrogen (secondary N) is 1. The number of hydrogen-bond donors (Lipinski definition) is 1. The molecule has 1 N–H and O–H groups in total. The van der Waals surface area contributed by atoms with Crippen LogP contribution in [0.1, 0.15) is 29.8 Å². The average Bonchev–Trinajstić information content (AvgIpc) is 2.88. The zero-order valence-corrected chi connectivity index (χ0v) is 10.9. The Labute approximate surface area is 107 Å². The van der Waals surface area contributed by atoms with Crippen LogP contribution in [-0.4, -0.2) is 12.3 Å². The summed E-state index contributed by atoms with van der Waals surface area (Å²) in [5.74, 6) is 0.912. The maximum Gasteiger partial charge on any atom is 0.124 e. The molecule has 0 aliphatic rings. The van der Waals surface area contributed by atoms with Crippen LogP contribution in [0.2, 0.25) is 0 Å². The Bertz CT molecular complexity index is 495. The summed E-state index contributed by atoms with van der Waals surface area (Å²) in [7, 11) is 1.70. The molecule has 0 aliphatic carbocycles. The average molecular weight is 246 g/mol. The van der Waals surface area contributed by atoms with Gasteiger partial charge in [-0.25, -0.2) is 0 Å². The van der Waals surface area contributed by atoms with Crippen LogP contribution in [0.3, 0.4) is 0 Å². The van der Waals surface area contributed by atoms with Gasteiger partial charge in [-0.2, -0.15) is 0 Å². The molecule has 0 radical (unpaired) electrons. The van der Waals surface area contributed by atoms with E-state index < -0.39 is 0 Å². The molecule has 1 aromatic heterocycles. The molecule has 4 heteroatoms.